The van der Waals surface area contributed by atoms with Crippen LogP contribution < -0.4 is 15.8 Å². The SMILES string of the molecule is COc1cc(C#N)ccc1NC(N)=NCc1ccccc1. The van der Waals surface area contributed by atoms with Crippen LogP contribution in [0.5, 0.6) is 5.75 Å². The maximum absolute atomic E-state index is 8.87. The highest BCUT2D eigenvalue weighted by Gasteiger charge is 2.05. The summed E-state index contributed by atoms with van der Waals surface area (Å²) in [7, 11) is 1.54. The lowest BCUT2D eigenvalue weighted by Gasteiger charge is -2.10. The zero-order chi connectivity index (χ0) is 15.1. The molecule has 0 saturated heterocycles. The number of anilines is 1. The van der Waals surface area contributed by atoms with Crippen molar-refractivity contribution in [3.63, 3.8) is 0 Å². The number of ether oxygens (including phenoxy) is 1. The van der Waals surface area contributed by atoms with E-state index in [2.05, 4.69) is 16.4 Å². The molecule has 0 aliphatic heterocycles. The molecule has 0 heterocycles. The van der Waals surface area contributed by atoms with Gasteiger partial charge in [0.25, 0.3) is 0 Å². The predicted octanol–water partition coefficient (Wildman–Crippen LogP) is 2.49. The van der Waals surface area contributed by atoms with E-state index < -0.39 is 0 Å². The lowest BCUT2D eigenvalue weighted by atomic mass is 10.2. The van der Waals surface area contributed by atoms with Gasteiger partial charge in [-0.25, -0.2) is 4.99 Å². The number of hydrogen-bond acceptors (Lipinski definition) is 3. The van der Waals surface area contributed by atoms with Crippen LogP contribution in [0.2, 0.25) is 0 Å². The monoisotopic (exact) mass is 280 g/mol. The van der Waals surface area contributed by atoms with Crippen molar-refractivity contribution in [1.82, 2.24) is 0 Å². The van der Waals surface area contributed by atoms with Crippen LogP contribution in [0, 0.1) is 11.3 Å². The van der Waals surface area contributed by atoms with Crippen molar-refractivity contribution in [2.45, 2.75) is 6.54 Å². The van der Waals surface area contributed by atoms with Crippen LogP contribution >= 0.6 is 0 Å². The van der Waals surface area contributed by atoms with Gasteiger partial charge in [0.15, 0.2) is 5.96 Å². The number of nitrogens with one attached hydrogen (secondary N) is 1. The van der Waals surface area contributed by atoms with E-state index in [4.69, 9.17) is 15.7 Å². The lowest BCUT2D eigenvalue weighted by Crippen LogP contribution is -2.23. The minimum atomic E-state index is 0.293. The van der Waals surface area contributed by atoms with E-state index in [-0.39, 0.29) is 0 Å². The van der Waals surface area contributed by atoms with Crippen LogP contribution in [0.1, 0.15) is 11.1 Å². The third-order valence-corrected chi connectivity index (χ3v) is 2.87. The standard InChI is InChI=1S/C16H16N4O/c1-21-15-9-13(10-17)7-8-14(15)20-16(18)19-11-12-5-3-2-4-6-12/h2-9H,11H2,1H3,(H3,18,19,20). The number of hydrogen-bond donors (Lipinski definition) is 2. The molecule has 5 nitrogen and oxygen atoms in total. The summed E-state index contributed by atoms with van der Waals surface area (Å²) >= 11 is 0. The van der Waals surface area contributed by atoms with Crippen molar-refractivity contribution in [3.8, 4) is 11.8 Å². The molecule has 0 saturated carbocycles. The van der Waals surface area contributed by atoms with Crippen molar-refractivity contribution < 1.29 is 4.74 Å². The summed E-state index contributed by atoms with van der Waals surface area (Å²) in [5, 5.41) is 11.8. The average Bonchev–Trinajstić information content (AvgIpc) is 2.54. The van der Waals surface area contributed by atoms with Gasteiger partial charge in [0.2, 0.25) is 0 Å². The molecule has 2 aromatic rings. The largest absolute Gasteiger partial charge is 0.495 e. The van der Waals surface area contributed by atoms with Gasteiger partial charge in [-0.15, -0.1) is 0 Å². The van der Waals surface area contributed by atoms with Gasteiger partial charge in [0.05, 0.1) is 31.0 Å². The summed E-state index contributed by atoms with van der Waals surface area (Å²) in [4.78, 5) is 4.27. The Morgan fingerprint density at radius 1 is 1.29 bits per heavy atom. The number of methoxy groups -OCH3 is 1. The van der Waals surface area contributed by atoms with E-state index in [9.17, 15) is 0 Å². The fraction of sp³-hybridized carbons (Fsp3) is 0.125. The first kappa shape index (κ1) is 14.4. The number of aliphatic imine (C=N–C) groups is 1. The molecule has 0 bridgehead atoms. The molecule has 2 rings (SSSR count). The lowest BCUT2D eigenvalue weighted by molar-refractivity contribution is 0.417. The summed E-state index contributed by atoms with van der Waals surface area (Å²) in [6, 6.07) is 17.0. The van der Waals surface area contributed by atoms with Crippen molar-refractivity contribution in [2.24, 2.45) is 10.7 Å². The van der Waals surface area contributed by atoms with E-state index in [0.717, 1.165) is 5.56 Å². The maximum Gasteiger partial charge on any atom is 0.193 e. The Hall–Kier alpha value is -3.00. The number of nitriles is 1. The second kappa shape index (κ2) is 6.96. The summed E-state index contributed by atoms with van der Waals surface area (Å²) in [5.41, 5.74) is 8.14. The summed E-state index contributed by atoms with van der Waals surface area (Å²) in [6.07, 6.45) is 0. The fourth-order valence-electron chi connectivity index (χ4n) is 1.80. The smallest absolute Gasteiger partial charge is 0.193 e. The van der Waals surface area contributed by atoms with Crippen LogP contribution in [0.3, 0.4) is 0 Å². The topological polar surface area (TPSA) is 83.4 Å². The number of nitrogens with zero attached hydrogens (tertiary/aromatic N) is 2. The molecule has 2 aromatic carbocycles. The van der Waals surface area contributed by atoms with Gasteiger partial charge in [-0.2, -0.15) is 5.26 Å². The van der Waals surface area contributed by atoms with Crippen molar-refractivity contribution in [2.75, 3.05) is 12.4 Å². The predicted molar refractivity (Wildman–Crippen MR) is 83.1 cm³/mol. The summed E-state index contributed by atoms with van der Waals surface area (Å²) in [5.74, 6) is 0.841. The third-order valence-electron chi connectivity index (χ3n) is 2.87. The van der Waals surface area contributed by atoms with E-state index in [1.165, 1.54) is 0 Å². The molecule has 0 atom stereocenters. The van der Waals surface area contributed by atoms with E-state index >= 15 is 0 Å². The average molecular weight is 280 g/mol. The quantitative estimate of drug-likeness (QED) is 0.665. The van der Waals surface area contributed by atoms with Crippen LogP contribution in [-0.2, 0) is 6.54 Å². The van der Waals surface area contributed by atoms with Gasteiger partial charge in [-0.1, -0.05) is 30.3 Å². The molecular weight excluding hydrogens is 264 g/mol. The van der Waals surface area contributed by atoms with Gasteiger partial charge in [-0.3, -0.25) is 0 Å². The molecule has 0 spiro atoms. The minimum Gasteiger partial charge on any atom is -0.495 e. The molecule has 0 aromatic heterocycles. The van der Waals surface area contributed by atoms with Gasteiger partial charge in [0, 0.05) is 6.07 Å². The zero-order valence-electron chi connectivity index (χ0n) is 11.7. The second-order valence-corrected chi connectivity index (χ2v) is 4.34. The first-order valence-corrected chi connectivity index (χ1v) is 6.42. The Labute approximate surface area is 123 Å². The van der Waals surface area contributed by atoms with Crippen molar-refractivity contribution >= 4 is 11.6 Å². The first-order valence-electron chi connectivity index (χ1n) is 6.42. The van der Waals surface area contributed by atoms with Crippen LogP contribution in [0.15, 0.2) is 53.5 Å². The minimum absolute atomic E-state index is 0.293. The van der Waals surface area contributed by atoms with Gasteiger partial charge in [0.1, 0.15) is 5.75 Å². The van der Waals surface area contributed by atoms with Crippen molar-refractivity contribution in [3.05, 3.63) is 59.7 Å². The van der Waals surface area contributed by atoms with Crippen LogP contribution in [0.25, 0.3) is 0 Å². The Morgan fingerprint density at radius 3 is 2.71 bits per heavy atom. The Morgan fingerprint density at radius 2 is 2.05 bits per heavy atom. The second-order valence-electron chi connectivity index (χ2n) is 4.34. The highest BCUT2D eigenvalue weighted by molar-refractivity contribution is 5.93. The molecule has 0 aliphatic rings. The Bertz CT molecular complexity index is 674. The molecule has 0 aliphatic carbocycles. The van der Waals surface area contributed by atoms with Crippen LogP contribution in [0.4, 0.5) is 5.69 Å². The third kappa shape index (κ3) is 3.98. The van der Waals surface area contributed by atoms with Crippen molar-refractivity contribution in [1.29, 1.82) is 5.26 Å². The highest BCUT2D eigenvalue weighted by Crippen LogP contribution is 2.25. The number of benzene rings is 2. The fourth-order valence-corrected chi connectivity index (χ4v) is 1.80. The number of guanidine groups is 1. The van der Waals surface area contributed by atoms with E-state index in [0.29, 0.717) is 29.5 Å². The Kier molecular flexibility index (Phi) is 4.78. The normalized spacial score (nSPS) is 10.8. The molecule has 3 N–H and O–H groups in total. The molecule has 106 valence electrons. The van der Waals surface area contributed by atoms with E-state index in [1.54, 1.807) is 25.3 Å². The molecule has 5 heteroatoms. The van der Waals surface area contributed by atoms with Gasteiger partial charge >= 0.3 is 0 Å². The summed E-state index contributed by atoms with van der Waals surface area (Å²) < 4.78 is 5.23. The molecule has 0 amide bonds. The zero-order valence-corrected chi connectivity index (χ0v) is 11.7. The first-order chi connectivity index (χ1) is 10.2. The van der Waals surface area contributed by atoms with Gasteiger partial charge in [-0.05, 0) is 17.7 Å². The molecular formula is C16H16N4O. The molecule has 0 radical (unpaired) electrons. The van der Waals surface area contributed by atoms with Gasteiger partial charge < -0.3 is 15.8 Å². The molecule has 0 unspecified atom stereocenters. The van der Waals surface area contributed by atoms with E-state index in [1.807, 2.05) is 30.3 Å². The molecule has 21 heavy (non-hydrogen) atoms. The Balaban J connectivity index is 2.09. The maximum atomic E-state index is 8.87. The van der Waals surface area contributed by atoms with Crippen LogP contribution in [-0.4, -0.2) is 13.1 Å². The summed E-state index contributed by atoms with van der Waals surface area (Å²) in [6.45, 7) is 0.498. The number of nitrogens with two attached hydrogens (primary N) is 1. The highest BCUT2D eigenvalue weighted by atomic mass is 16.5. The molecule has 0 fully saturated rings. The number of rotatable bonds is 4.